The molecule has 2 rings (SSSR count). The van der Waals surface area contributed by atoms with Gasteiger partial charge in [-0.2, -0.15) is 0 Å². The van der Waals surface area contributed by atoms with E-state index >= 15 is 0 Å². The number of benzene rings is 2. The first-order valence-electron chi connectivity index (χ1n) is 8.40. The molecule has 0 bridgehead atoms. The van der Waals surface area contributed by atoms with E-state index in [1.807, 2.05) is 18.2 Å². The zero-order valence-corrected chi connectivity index (χ0v) is 17.0. The quantitative estimate of drug-likeness (QED) is 0.723. The van der Waals surface area contributed by atoms with Crippen LogP contribution in [0.1, 0.15) is 13.3 Å². The largest absolute Gasteiger partial charge is 0.305 e. The second-order valence-electron chi connectivity index (χ2n) is 7.61. The molecule has 1 nitrogen and oxygen atoms in total. The molecule has 0 N–H and O–H groups in total. The van der Waals surface area contributed by atoms with E-state index in [0.717, 1.165) is 0 Å². The summed E-state index contributed by atoms with van der Waals surface area (Å²) in [5.41, 5.74) is 0.452. The minimum absolute atomic E-state index is 0.452. The van der Waals surface area contributed by atoms with Crippen molar-refractivity contribution in [2.45, 2.75) is 45.1 Å². The molecule has 2 aromatic carbocycles. The van der Waals surface area contributed by atoms with Crippen LogP contribution in [0.25, 0.3) is 0 Å². The van der Waals surface area contributed by atoms with Crippen molar-refractivity contribution in [2.75, 3.05) is 0 Å². The monoisotopic (exact) mass is 340 g/mol. The maximum atomic E-state index is 13.0. The molecule has 23 heavy (non-hydrogen) atoms. The van der Waals surface area contributed by atoms with Gasteiger partial charge in [0.25, 0.3) is 0 Å². The van der Waals surface area contributed by atoms with Crippen LogP contribution in [0.2, 0.25) is 31.7 Å². The fourth-order valence-electron chi connectivity index (χ4n) is 2.96. The standard InChI is InChI=1S/C20H28OSi2/c1-17(22(2,3)18-12-8-6-9-13-18)16-20(21)23(4,5)19-14-10-7-11-15-19/h6-15,17H,16H2,1-5H3. The van der Waals surface area contributed by atoms with Crippen LogP contribution in [0.3, 0.4) is 0 Å². The third-order valence-electron chi connectivity index (χ3n) is 5.43. The van der Waals surface area contributed by atoms with Gasteiger partial charge in [-0.1, -0.05) is 104 Å². The predicted octanol–water partition coefficient (Wildman–Crippen LogP) is 4.11. The van der Waals surface area contributed by atoms with Crippen LogP contribution in [0.5, 0.6) is 0 Å². The van der Waals surface area contributed by atoms with Gasteiger partial charge in [0.1, 0.15) is 5.41 Å². The Hall–Kier alpha value is -1.46. The Bertz CT molecular complexity index is 648. The summed E-state index contributed by atoms with van der Waals surface area (Å²) in [6.07, 6.45) is 0.711. The maximum absolute atomic E-state index is 13.0. The summed E-state index contributed by atoms with van der Waals surface area (Å²) in [5, 5.41) is 3.17. The molecule has 3 heteroatoms. The van der Waals surface area contributed by atoms with E-state index in [4.69, 9.17) is 0 Å². The Labute approximate surface area is 142 Å². The Morgan fingerprint density at radius 1 is 0.826 bits per heavy atom. The molecule has 0 radical (unpaired) electrons. The number of carbonyl (C=O) groups excluding carboxylic acids is 1. The van der Waals surface area contributed by atoms with Crippen molar-refractivity contribution in [3.8, 4) is 0 Å². The second kappa shape index (κ2) is 6.97. The molecule has 0 fully saturated rings. The normalized spacial score (nSPS) is 13.6. The van der Waals surface area contributed by atoms with E-state index in [0.29, 0.717) is 17.4 Å². The highest BCUT2D eigenvalue weighted by Gasteiger charge is 2.37. The summed E-state index contributed by atoms with van der Waals surface area (Å²) < 4.78 is 0. The molecular weight excluding hydrogens is 312 g/mol. The van der Waals surface area contributed by atoms with Crippen LogP contribution in [0.4, 0.5) is 0 Å². The number of hydrogen-bond acceptors (Lipinski definition) is 1. The van der Waals surface area contributed by atoms with Crippen LogP contribution in [-0.4, -0.2) is 21.6 Å². The molecule has 0 aliphatic carbocycles. The Balaban J connectivity index is 2.16. The minimum Gasteiger partial charge on any atom is -0.305 e. The van der Waals surface area contributed by atoms with Gasteiger partial charge >= 0.3 is 0 Å². The predicted molar refractivity (Wildman–Crippen MR) is 106 cm³/mol. The highest BCUT2D eigenvalue weighted by Crippen LogP contribution is 2.27. The summed E-state index contributed by atoms with van der Waals surface area (Å²) in [6, 6.07) is 21.1. The second-order valence-corrected chi connectivity index (χ2v) is 17.0. The molecule has 0 aliphatic heterocycles. The molecule has 0 heterocycles. The molecule has 0 saturated heterocycles. The lowest BCUT2D eigenvalue weighted by Crippen LogP contribution is -2.52. The van der Waals surface area contributed by atoms with Gasteiger partial charge in [-0.05, 0) is 5.54 Å². The smallest absolute Gasteiger partial charge is 0.157 e. The molecule has 0 aliphatic rings. The van der Waals surface area contributed by atoms with Crippen molar-refractivity contribution in [3.63, 3.8) is 0 Å². The van der Waals surface area contributed by atoms with Gasteiger partial charge in [0.2, 0.25) is 0 Å². The summed E-state index contributed by atoms with van der Waals surface area (Å²) >= 11 is 0. The van der Waals surface area contributed by atoms with Crippen molar-refractivity contribution >= 4 is 31.9 Å². The number of rotatable bonds is 6. The Morgan fingerprint density at radius 2 is 1.26 bits per heavy atom. The molecule has 1 unspecified atom stereocenters. The van der Waals surface area contributed by atoms with Crippen LogP contribution in [0, 0.1) is 0 Å². The van der Waals surface area contributed by atoms with Gasteiger partial charge in [0.05, 0.1) is 8.07 Å². The highest BCUT2D eigenvalue weighted by molar-refractivity contribution is 7.13. The molecule has 1 atom stereocenters. The van der Waals surface area contributed by atoms with E-state index in [9.17, 15) is 4.79 Å². The van der Waals surface area contributed by atoms with E-state index in [1.54, 1.807) is 0 Å². The van der Waals surface area contributed by atoms with Crippen LogP contribution in [0.15, 0.2) is 60.7 Å². The lowest BCUT2D eigenvalue weighted by Gasteiger charge is -2.32. The highest BCUT2D eigenvalue weighted by atomic mass is 28.3. The van der Waals surface area contributed by atoms with Crippen molar-refractivity contribution in [3.05, 3.63) is 60.7 Å². The Morgan fingerprint density at radius 3 is 1.74 bits per heavy atom. The Kier molecular flexibility index (Phi) is 5.42. The maximum Gasteiger partial charge on any atom is 0.157 e. The fourth-order valence-corrected chi connectivity index (χ4v) is 7.64. The summed E-state index contributed by atoms with van der Waals surface area (Å²) in [5.74, 6) is 0. The van der Waals surface area contributed by atoms with Gasteiger partial charge in [-0.3, -0.25) is 0 Å². The third kappa shape index (κ3) is 3.90. The van der Waals surface area contributed by atoms with E-state index in [2.05, 4.69) is 75.6 Å². The number of hydrogen-bond donors (Lipinski definition) is 0. The van der Waals surface area contributed by atoms with E-state index in [-0.39, 0.29) is 0 Å². The molecule has 122 valence electrons. The van der Waals surface area contributed by atoms with Crippen LogP contribution < -0.4 is 10.4 Å². The summed E-state index contributed by atoms with van der Waals surface area (Å²) in [6.45, 7) is 11.4. The fraction of sp³-hybridized carbons (Fsp3) is 0.350. The molecular formula is C20H28OSi2. The topological polar surface area (TPSA) is 17.1 Å². The number of carbonyl (C=O) groups is 1. The summed E-state index contributed by atoms with van der Waals surface area (Å²) in [7, 11) is -3.67. The molecule has 0 aromatic heterocycles. The lowest BCUT2D eigenvalue weighted by molar-refractivity contribution is -0.112. The van der Waals surface area contributed by atoms with Crippen molar-refractivity contribution in [2.24, 2.45) is 0 Å². The average molecular weight is 341 g/mol. The third-order valence-corrected chi connectivity index (χ3v) is 13.3. The first kappa shape index (κ1) is 17.9. The van der Waals surface area contributed by atoms with Crippen molar-refractivity contribution in [1.82, 2.24) is 0 Å². The first-order valence-corrected chi connectivity index (χ1v) is 14.5. The van der Waals surface area contributed by atoms with Gasteiger partial charge in [0, 0.05) is 6.42 Å². The lowest BCUT2D eigenvalue weighted by atomic mass is 10.3. The van der Waals surface area contributed by atoms with Gasteiger partial charge in [-0.25, -0.2) is 0 Å². The molecule has 0 spiro atoms. The van der Waals surface area contributed by atoms with E-state index < -0.39 is 16.1 Å². The van der Waals surface area contributed by atoms with Crippen LogP contribution >= 0.6 is 0 Å². The first-order chi connectivity index (χ1) is 10.8. The van der Waals surface area contributed by atoms with Gasteiger partial charge in [-0.15, -0.1) is 0 Å². The van der Waals surface area contributed by atoms with E-state index in [1.165, 1.54) is 10.4 Å². The van der Waals surface area contributed by atoms with Gasteiger partial charge < -0.3 is 4.79 Å². The minimum atomic E-state index is -2.04. The molecule has 0 saturated carbocycles. The SMILES string of the molecule is CC(CC(=O)[Si](C)(C)c1ccccc1)[Si](C)(C)c1ccccc1. The average Bonchev–Trinajstić information content (AvgIpc) is 2.56. The zero-order chi connectivity index (χ0) is 17.1. The van der Waals surface area contributed by atoms with Crippen LogP contribution in [-0.2, 0) is 4.79 Å². The zero-order valence-electron chi connectivity index (χ0n) is 15.0. The van der Waals surface area contributed by atoms with Gasteiger partial charge in [0.15, 0.2) is 8.07 Å². The molecule has 0 amide bonds. The summed E-state index contributed by atoms with van der Waals surface area (Å²) in [4.78, 5) is 13.0. The van der Waals surface area contributed by atoms with Crippen molar-refractivity contribution < 1.29 is 4.79 Å². The van der Waals surface area contributed by atoms with Crippen molar-refractivity contribution in [1.29, 1.82) is 0 Å². The molecule has 2 aromatic rings.